The van der Waals surface area contributed by atoms with Crippen LogP contribution < -0.4 is 0 Å². The molecule has 0 unspecified atom stereocenters. The Morgan fingerprint density at radius 2 is 1.50 bits per heavy atom. The molecule has 0 radical (unpaired) electrons. The Hall–Kier alpha value is 0.883. The molecule has 0 aliphatic carbocycles. The van der Waals surface area contributed by atoms with Crippen molar-refractivity contribution >= 4 is 21.8 Å². The molecule has 0 atom stereocenters. The Morgan fingerprint density at radius 1 is 1.17 bits per heavy atom. The first-order valence-electron chi connectivity index (χ1n) is 2.49. The fraction of sp³-hybridized carbons (Fsp3) is 1.00. The summed E-state index contributed by atoms with van der Waals surface area (Å²) in [5, 5.41) is 0. The molecule has 0 aromatic carbocycles. The summed E-state index contributed by atoms with van der Waals surface area (Å²) < 4.78 is 5.55. The zero-order valence-corrected chi connectivity index (χ0v) is 8.34. The summed E-state index contributed by atoms with van der Waals surface area (Å²) in [6, 6.07) is 0. The normalized spacial score (nSPS) is 10.0. The Kier molecular flexibility index (Phi) is 4.65. The van der Waals surface area contributed by atoms with Crippen LogP contribution in [-0.2, 0) is 0 Å². The zero-order chi connectivity index (χ0) is 4.99. The second kappa shape index (κ2) is 4.05. The summed E-state index contributed by atoms with van der Waals surface area (Å²) in [6.07, 6.45) is 0. The van der Waals surface area contributed by atoms with Crippen LogP contribution in [0.3, 0.4) is 0 Å². The van der Waals surface area contributed by atoms with E-state index in [1.807, 2.05) is 0 Å². The van der Waals surface area contributed by atoms with Crippen molar-refractivity contribution in [2.45, 2.75) is 26.7 Å². The van der Waals surface area contributed by atoms with Gasteiger partial charge in [-0.15, -0.1) is 0 Å². The standard InChI is InChI=1S/2C2H5.CH3.Bi/c2*1-2;;/h2*1H2,2H3;1H3;. The molecular weight excluding hydrogens is 269 g/mol. The summed E-state index contributed by atoms with van der Waals surface area (Å²) in [6.45, 7) is 4.64. The van der Waals surface area contributed by atoms with Crippen molar-refractivity contribution in [1.82, 2.24) is 0 Å². The Bertz CT molecular complexity index is 23.1. The van der Waals surface area contributed by atoms with Gasteiger partial charge in [-0.05, 0) is 0 Å². The third-order valence-corrected chi connectivity index (χ3v) is 9.47. The Balaban J connectivity index is 2.75. The molecule has 0 aromatic rings. The fourth-order valence-electron chi connectivity index (χ4n) is 0.224. The summed E-state index contributed by atoms with van der Waals surface area (Å²) >= 11 is -0.672. The van der Waals surface area contributed by atoms with E-state index >= 15 is 0 Å². The van der Waals surface area contributed by atoms with Gasteiger partial charge < -0.3 is 0 Å². The van der Waals surface area contributed by atoms with Crippen LogP contribution in [0.15, 0.2) is 0 Å². The van der Waals surface area contributed by atoms with Gasteiger partial charge in [-0.3, -0.25) is 0 Å². The topological polar surface area (TPSA) is 0 Å². The maximum atomic E-state index is 2.48. The quantitative estimate of drug-likeness (QED) is 0.681. The zero-order valence-electron chi connectivity index (χ0n) is 4.86. The summed E-state index contributed by atoms with van der Waals surface area (Å²) in [7, 11) is 0. The molecule has 1 heteroatoms. The van der Waals surface area contributed by atoms with Crippen LogP contribution in [0, 0.1) is 0 Å². The average Bonchev–Trinajstić information content (AvgIpc) is 1.65. The molecule has 0 nitrogen and oxygen atoms in total. The molecular formula is C5H13Bi. The van der Waals surface area contributed by atoms with Crippen LogP contribution in [0.5, 0.6) is 0 Å². The Labute approximate surface area is 48.6 Å². The molecule has 0 fully saturated rings. The summed E-state index contributed by atoms with van der Waals surface area (Å²) in [4.78, 5) is 0. The van der Waals surface area contributed by atoms with Gasteiger partial charge in [0.2, 0.25) is 0 Å². The number of hydrogen-bond acceptors (Lipinski definition) is 0. The monoisotopic (exact) mass is 282 g/mol. The first-order chi connectivity index (χ1) is 2.81. The fourth-order valence-corrected chi connectivity index (χ4v) is 1.96. The van der Waals surface area contributed by atoms with Gasteiger partial charge in [0, 0.05) is 0 Å². The summed E-state index contributed by atoms with van der Waals surface area (Å²) in [5.74, 6) is 0. The van der Waals surface area contributed by atoms with E-state index in [-0.39, 0.29) is 0 Å². The molecule has 38 valence electrons. The van der Waals surface area contributed by atoms with Gasteiger partial charge in [0.05, 0.1) is 0 Å². The number of rotatable bonds is 2. The molecule has 0 rings (SSSR count). The van der Waals surface area contributed by atoms with Crippen molar-refractivity contribution in [1.29, 1.82) is 0 Å². The predicted molar refractivity (Wildman–Crippen MR) is 32.6 cm³/mol. The van der Waals surface area contributed by atoms with Crippen LogP contribution in [-0.4, -0.2) is 21.8 Å². The van der Waals surface area contributed by atoms with Crippen molar-refractivity contribution in [2.24, 2.45) is 0 Å². The van der Waals surface area contributed by atoms with Gasteiger partial charge in [-0.25, -0.2) is 0 Å². The van der Waals surface area contributed by atoms with E-state index in [1.54, 1.807) is 0 Å². The first-order valence-corrected chi connectivity index (χ1v) is 10.9. The third-order valence-electron chi connectivity index (χ3n) is 1.08. The van der Waals surface area contributed by atoms with E-state index < -0.39 is 21.8 Å². The SMILES string of the molecule is C[CH2][Bi]([CH3])[CH2]C. The van der Waals surface area contributed by atoms with Gasteiger partial charge >= 0.3 is 48.5 Å². The molecule has 0 aliphatic heterocycles. The second-order valence-electron chi connectivity index (χ2n) is 1.49. The van der Waals surface area contributed by atoms with E-state index in [9.17, 15) is 0 Å². The molecule has 0 aliphatic rings. The van der Waals surface area contributed by atoms with Gasteiger partial charge in [0.15, 0.2) is 0 Å². The van der Waals surface area contributed by atoms with Crippen LogP contribution in [0.4, 0.5) is 0 Å². The van der Waals surface area contributed by atoms with Crippen molar-refractivity contribution < 1.29 is 0 Å². The van der Waals surface area contributed by atoms with E-state index in [4.69, 9.17) is 0 Å². The number of hydrogen-bond donors (Lipinski definition) is 0. The van der Waals surface area contributed by atoms with Crippen LogP contribution in [0.25, 0.3) is 0 Å². The summed E-state index contributed by atoms with van der Waals surface area (Å²) in [5.41, 5.74) is 0. The van der Waals surface area contributed by atoms with Gasteiger partial charge in [0.1, 0.15) is 0 Å². The van der Waals surface area contributed by atoms with Gasteiger partial charge in [-0.1, -0.05) is 0 Å². The molecule has 0 aromatic heterocycles. The molecule has 0 amide bonds. The van der Waals surface area contributed by atoms with Crippen molar-refractivity contribution in [3.8, 4) is 0 Å². The molecule has 6 heavy (non-hydrogen) atoms. The minimum absolute atomic E-state index is 0.672. The molecule has 0 heterocycles. The van der Waals surface area contributed by atoms with E-state index in [2.05, 4.69) is 18.5 Å². The molecule has 0 bridgehead atoms. The first kappa shape index (κ1) is 6.88. The van der Waals surface area contributed by atoms with Crippen molar-refractivity contribution in [3.05, 3.63) is 0 Å². The molecule has 0 saturated heterocycles. The van der Waals surface area contributed by atoms with Crippen LogP contribution in [0.1, 0.15) is 13.8 Å². The second-order valence-corrected chi connectivity index (χ2v) is 13.1. The maximum absolute atomic E-state index is 2.48. The van der Waals surface area contributed by atoms with Crippen LogP contribution in [0.2, 0.25) is 12.9 Å². The van der Waals surface area contributed by atoms with E-state index in [0.29, 0.717) is 0 Å². The van der Waals surface area contributed by atoms with Gasteiger partial charge in [-0.2, -0.15) is 0 Å². The van der Waals surface area contributed by atoms with E-state index in [0.717, 1.165) is 0 Å². The molecule has 0 saturated carbocycles. The van der Waals surface area contributed by atoms with E-state index in [1.165, 1.54) is 8.26 Å². The predicted octanol–water partition coefficient (Wildman–Crippen LogP) is 2.15. The molecule has 0 spiro atoms. The third kappa shape index (κ3) is 3.09. The molecule has 0 N–H and O–H groups in total. The average molecular weight is 282 g/mol. The van der Waals surface area contributed by atoms with Crippen molar-refractivity contribution in [2.75, 3.05) is 0 Å². The Morgan fingerprint density at radius 3 is 1.50 bits per heavy atom. The van der Waals surface area contributed by atoms with Crippen LogP contribution >= 0.6 is 0 Å². The van der Waals surface area contributed by atoms with Crippen molar-refractivity contribution in [3.63, 3.8) is 0 Å². The van der Waals surface area contributed by atoms with Gasteiger partial charge in [0.25, 0.3) is 0 Å². The minimum atomic E-state index is -0.672.